The summed E-state index contributed by atoms with van der Waals surface area (Å²) >= 11 is 0. The molecule has 8 nitrogen and oxygen atoms in total. The van der Waals surface area contributed by atoms with Crippen LogP contribution in [0, 0.1) is 11.3 Å². The molecule has 3 aromatic rings. The van der Waals surface area contributed by atoms with Crippen molar-refractivity contribution in [2.24, 2.45) is 0 Å². The van der Waals surface area contributed by atoms with Crippen molar-refractivity contribution >= 4 is 17.7 Å². The smallest absolute Gasteiger partial charge is 0.408 e. The van der Waals surface area contributed by atoms with Crippen molar-refractivity contribution in [2.75, 3.05) is 11.5 Å². The first-order valence-corrected chi connectivity index (χ1v) is 13.2. The standard InChI is InChI=1S/C31H32N4O4/c1-20(18-32)34-25-17-24(21-9-6-5-7-10-21)27(33-28(25)39-19-26(34)36)22-11-13-23(14-12-22)31(15-8-16-31)35(29(37)38)30(2,3)4/h5-7,9-14,17,20H,8,15-16,19H2,1-4H3,(H,37,38). The van der Waals surface area contributed by atoms with E-state index in [1.54, 1.807) is 11.8 Å². The van der Waals surface area contributed by atoms with Crippen molar-refractivity contribution < 1.29 is 19.4 Å². The van der Waals surface area contributed by atoms with Gasteiger partial charge in [0.05, 0.1) is 17.3 Å². The predicted molar refractivity (Wildman–Crippen MR) is 148 cm³/mol. The Hall–Kier alpha value is -4.38. The van der Waals surface area contributed by atoms with Gasteiger partial charge in [-0.3, -0.25) is 14.6 Å². The third-order valence-electron chi connectivity index (χ3n) is 7.65. The summed E-state index contributed by atoms with van der Waals surface area (Å²) in [5.74, 6) is 0.0119. The number of pyridine rings is 1. The topological polar surface area (TPSA) is 107 Å². The van der Waals surface area contributed by atoms with E-state index in [4.69, 9.17) is 9.72 Å². The van der Waals surface area contributed by atoms with Crippen molar-refractivity contribution in [3.63, 3.8) is 0 Å². The lowest BCUT2D eigenvalue weighted by atomic mass is 9.69. The van der Waals surface area contributed by atoms with Crippen molar-refractivity contribution in [1.29, 1.82) is 5.26 Å². The van der Waals surface area contributed by atoms with Gasteiger partial charge in [0.15, 0.2) is 6.61 Å². The predicted octanol–water partition coefficient (Wildman–Crippen LogP) is 6.21. The maximum absolute atomic E-state index is 12.7. The SMILES string of the molecule is CC(C#N)N1C(=O)COc2nc(-c3ccc(C4(N(C(=O)O)C(C)(C)C)CCC4)cc3)c(-c3ccccc3)cc21. The van der Waals surface area contributed by atoms with Gasteiger partial charge < -0.3 is 9.84 Å². The molecule has 1 atom stereocenters. The van der Waals surface area contributed by atoms with Crippen LogP contribution in [0.2, 0.25) is 0 Å². The number of nitriles is 1. The minimum atomic E-state index is -0.920. The van der Waals surface area contributed by atoms with Crippen molar-refractivity contribution in [2.45, 2.75) is 64.1 Å². The molecule has 0 bridgehead atoms. The summed E-state index contributed by atoms with van der Waals surface area (Å²) in [5.41, 5.74) is 3.55. The first-order valence-electron chi connectivity index (χ1n) is 13.2. The van der Waals surface area contributed by atoms with E-state index in [1.807, 2.05) is 81.4 Å². The summed E-state index contributed by atoms with van der Waals surface area (Å²) in [5, 5.41) is 19.7. The molecule has 0 spiro atoms. The maximum atomic E-state index is 12.7. The van der Waals surface area contributed by atoms with Crippen molar-refractivity contribution in [1.82, 2.24) is 9.88 Å². The summed E-state index contributed by atoms with van der Waals surface area (Å²) in [6.07, 6.45) is 1.60. The van der Waals surface area contributed by atoms with Crippen LogP contribution < -0.4 is 9.64 Å². The highest BCUT2D eigenvalue weighted by Crippen LogP contribution is 2.50. The average molecular weight is 525 g/mol. The number of ether oxygens (including phenoxy) is 1. The number of rotatable bonds is 5. The molecule has 200 valence electrons. The van der Waals surface area contributed by atoms with Crippen molar-refractivity contribution in [3.05, 3.63) is 66.2 Å². The quantitative estimate of drug-likeness (QED) is 0.425. The summed E-state index contributed by atoms with van der Waals surface area (Å²) in [7, 11) is 0. The number of fused-ring (bicyclic) bond motifs is 1. The Labute approximate surface area is 228 Å². The molecule has 2 heterocycles. The molecule has 1 aliphatic heterocycles. The van der Waals surface area contributed by atoms with Gasteiger partial charge in [-0.2, -0.15) is 5.26 Å². The number of nitrogens with zero attached hydrogens (tertiary/aromatic N) is 4. The monoisotopic (exact) mass is 524 g/mol. The number of hydrogen-bond donors (Lipinski definition) is 1. The molecular formula is C31H32N4O4. The summed E-state index contributed by atoms with van der Waals surface area (Å²) in [4.78, 5) is 32.9. The Morgan fingerprint density at radius 1 is 1.13 bits per heavy atom. The number of benzene rings is 2. The van der Waals surface area contributed by atoms with Crippen LogP contribution in [0.3, 0.4) is 0 Å². The number of amides is 2. The highest BCUT2D eigenvalue weighted by Gasteiger charge is 2.50. The van der Waals surface area contributed by atoms with E-state index in [2.05, 4.69) is 6.07 Å². The van der Waals surface area contributed by atoms with Gasteiger partial charge in [0, 0.05) is 16.7 Å². The zero-order valence-electron chi connectivity index (χ0n) is 22.6. The van der Waals surface area contributed by atoms with E-state index in [0.29, 0.717) is 17.3 Å². The summed E-state index contributed by atoms with van der Waals surface area (Å²) < 4.78 is 5.73. The van der Waals surface area contributed by atoms with E-state index in [0.717, 1.165) is 41.5 Å². The lowest BCUT2D eigenvalue weighted by Crippen LogP contribution is -2.60. The van der Waals surface area contributed by atoms with Gasteiger partial charge in [-0.1, -0.05) is 54.6 Å². The molecule has 1 fully saturated rings. The molecule has 5 rings (SSSR count). The maximum Gasteiger partial charge on any atom is 0.408 e. The number of anilines is 1. The van der Waals surface area contributed by atoms with Gasteiger partial charge in [0.2, 0.25) is 5.88 Å². The highest BCUT2D eigenvalue weighted by molar-refractivity contribution is 6.00. The van der Waals surface area contributed by atoms with Crippen LogP contribution in [0.25, 0.3) is 22.4 Å². The molecule has 0 saturated heterocycles. The fourth-order valence-corrected chi connectivity index (χ4v) is 5.84. The molecule has 1 aliphatic carbocycles. The van der Waals surface area contributed by atoms with Gasteiger partial charge >= 0.3 is 6.09 Å². The second kappa shape index (κ2) is 9.73. The Bertz CT molecular complexity index is 1450. The van der Waals surface area contributed by atoms with Gasteiger partial charge in [0.25, 0.3) is 5.91 Å². The van der Waals surface area contributed by atoms with E-state index in [-0.39, 0.29) is 12.5 Å². The number of carboxylic acid groups (broad SMARTS) is 1. The summed E-state index contributed by atoms with van der Waals surface area (Å²) in [6, 6.07) is 21.0. The molecule has 1 N–H and O–H groups in total. The molecule has 1 saturated carbocycles. The van der Waals surface area contributed by atoms with Crippen LogP contribution in [0.5, 0.6) is 5.88 Å². The van der Waals surface area contributed by atoms with E-state index in [9.17, 15) is 20.0 Å². The van der Waals surface area contributed by atoms with Crippen LogP contribution in [-0.2, 0) is 10.3 Å². The minimum absolute atomic E-state index is 0.185. The Kier molecular flexibility index (Phi) is 6.55. The van der Waals surface area contributed by atoms with E-state index < -0.39 is 23.2 Å². The largest absolute Gasteiger partial charge is 0.466 e. The zero-order chi connectivity index (χ0) is 27.9. The minimum Gasteiger partial charge on any atom is -0.466 e. The highest BCUT2D eigenvalue weighted by atomic mass is 16.5. The molecule has 8 heteroatoms. The average Bonchev–Trinajstić information content (AvgIpc) is 2.89. The lowest BCUT2D eigenvalue weighted by molar-refractivity contribution is -0.121. The molecule has 39 heavy (non-hydrogen) atoms. The second-order valence-electron chi connectivity index (χ2n) is 11.2. The third-order valence-corrected chi connectivity index (χ3v) is 7.65. The Balaban J connectivity index is 1.63. The van der Waals surface area contributed by atoms with Crippen molar-refractivity contribution in [3.8, 4) is 34.3 Å². The van der Waals surface area contributed by atoms with E-state index in [1.165, 1.54) is 4.90 Å². The molecule has 1 aromatic heterocycles. The Morgan fingerprint density at radius 3 is 2.33 bits per heavy atom. The van der Waals surface area contributed by atoms with Crippen LogP contribution in [0.15, 0.2) is 60.7 Å². The second-order valence-corrected chi connectivity index (χ2v) is 11.2. The normalized spacial score (nSPS) is 16.8. The molecule has 2 aliphatic rings. The molecule has 1 unspecified atom stereocenters. The molecule has 0 radical (unpaired) electrons. The van der Waals surface area contributed by atoms with Crippen LogP contribution >= 0.6 is 0 Å². The van der Waals surface area contributed by atoms with Gasteiger partial charge in [-0.15, -0.1) is 0 Å². The first kappa shape index (κ1) is 26.2. The summed E-state index contributed by atoms with van der Waals surface area (Å²) in [6.45, 7) is 7.28. The van der Waals surface area contributed by atoms with Crippen LogP contribution in [0.1, 0.15) is 52.5 Å². The molecule has 2 aromatic carbocycles. The van der Waals surface area contributed by atoms with E-state index >= 15 is 0 Å². The third kappa shape index (κ3) is 4.48. The number of aromatic nitrogens is 1. The number of hydrogen-bond acceptors (Lipinski definition) is 5. The lowest BCUT2D eigenvalue weighted by Gasteiger charge is -2.54. The fourth-order valence-electron chi connectivity index (χ4n) is 5.84. The van der Waals surface area contributed by atoms with Gasteiger partial charge in [-0.05, 0) is 64.2 Å². The number of carbonyl (C=O) groups excluding carboxylic acids is 1. The fraction of sp³-hybridized carbons (Fsp3) is 0.355. The molecule has 2 amide bonds. The molecular weight excluding hydrogens is 492 g/mol. The van der Waals surface area contributed by atoms with Gasteiger partial charge in [0.1, 0.15) is 11.7 Å². The van der Waals surface area contributed by atoms with Crippen LogP contribution in [-0.4, -0.2) is 45.2 Å². The zero-order valence-corrected chi connectivity index (χ0v) is 22.6. The van der Waals surface area contributed by atoms with Gasteiger partial charge in [-0.25, -0.2) is 9.78 Å². The Morgan fingerprint density at radius 2 is 1.79 bits per heavy atom. The first-order chi connectivity index (χ1) is 18.6. The number of carbonyl (C=O) groups is 2. The van der Waals surface area contributed by atoms with Crippen LogP contribution in [0.4, 0.5) is 10.5 Å².